The Morgan fingerprint density at radius 2 is 2.12 bits per heavy atom. The Balaban J connectivity index is 1.67. The zero-order chi connectivity index (χ0) is 18.3. The lowest BCUT2D eigenvalue weighted by molar-refractivity contribution is 0.475. The largest absolute Gasteiger partial charge is 0.506 e. The van der Waals surface area contributed by atoms with E-state index in [4.69, 9.17) is 11.6 Å². The fourth-order valence-electron chi connectivity index (χ4n) is 2.67. The van der Waals surface area contributed by atoms with Crippen LogP contribution in [0.4, 0.5) is 5.95 Å². The molecule has 0 saturated heterocycles. The zero-order valence-corrected chi connectivity index (χ0v) is 15.8. The number of benzene rings is 2. The molecule has 0 saturated carbocycles. The van der Waals surface area contributed by atoms with E-state index >= 15 is 0 Å². The number of aromatic hydroxyl groups is 1. The molecule has 0 radical (unpaired) electrons. The Morgan fingerprint density at radius 1 is 1.27 bits per heavy atom. The van der Waals surface area contributed by atoms with E-state index in [1.54, 1.807) is 18.2 Å². The van der Waals surface area contributed by atoms with E-state index in [9.17, 15) is 5.11 Å². The van der Waals surface area contributed by atoms with Crippen LogP contribution in [0.2, 0.25) is 5.02 Å². The average molecular weight is 432 g/mol. The van der Waals surface area contributed by atoms with Gasteiger partial charge in [-0.3, -0.25) is 0 Å². The van der Waals surface area contributed by atoms with Crippen LogP contribution in [0.5, 0.6) is 5.75 Å². The van der Waals surface area contributed by atoms with Crippen molar-refractivity contribution in [2.24, 2.45) is 12.1 Å². The maximum atomic E-state index is 9.87. The number of nitrogens with zero attached hydrogens (tertiary/aromatic N) is 5. The summed E-state index contributed by atoms with van der Waals surface area (Å²) in [7, 11) is 1.92. The minimum Gasteiger partial charge on any atom is -0.506 e. The molecule has 2 heterocycles. The fraction of sp³-hybridized carbons (Fsp3) is 0.0588. The predicted octanol–water partition coefficient (Wildman–Crippen LogP) is 4.08. The minimum atomic E-state index is -0.0338. The summed E-state index contributed by atoms with van der Waals surface area (Å²) in [6, 6.07) is 11.0. The first-order valence-corrected chi connectivity index (χ1v) is 8.76. The number of phenols is 1. The number of rotatable bonds is 3. The van der Waals surface area contributed by atoms with Crippen molar-refractivity contribution in [2.75, 3.05) is 5.43 Å². The zero-order valence-electron chi connectivity index (χ0n) is 13.5. The SMILES string of the molecule is Cn1c2ccc(Br)cc2c2nnc(N/N=C/c3cccc(Cl)c3O)nc21. The van der Waals surface area contributed by atoms with Gasteiger partial charge in [-0.2, -0.15) is 10.1 Å². The van der Waals surface area contributed by atoms with Gasteiger partial charge in [-0.15, -0.1) is 10.2 Å². The van der Waals surface area contributed by atoms with Crippen molar-refractivity contribution in [2.45, 2.75) is 0 Å². The molecule has 0 aliphatic carbocycles. The first kappa shape index (κ1) is 16.7. The molecule has 0 aliphatic heterocycles. The Kier molecular flexibility index (Phi) is 4.21. The molecule has 0 bridgehead atoms. The number of phenolic OH excluding ortho intramolecular Hbond substituents is 1. The molecule has 4 rings (SSSR count). The van der Waals surface area contributed by atoms with Crippen LogP contribution in [0.1, 0.15) is 5.56 Å². The van der Waals surface area contributed by atoms with Gasteiger partial charge in [0.2, 0.25) is 0 Å². The third kappa shape index (κ3) is 2.87. The number of hydrazone groups is 1. The standard InChI is InChI=1S/C17H12BrClN6O/c1-25-13-6-5-10(18)7-11(13)14-16(25)21-17(24-22-14)23-20-8-9-3-2-4-12(19)15(9)26/h2-8,26H,1H3,(H,21,23,24)/b20-8+. The van der Waals surface area contributed by atoms with Gasteiger partial charge >= 0.3 is 0 Å². The topological polar surface area (TPSA) is 88.2 Å². The van der Waals surface area contributed by atoms with Crippen LogP contribution < -0.4 is 5.43 Å². The van der Waals surface area contributed by atoms with Crippen molar-refractivity contribution in [3.05, 3.63) is 51.5 Å². The lowest BCUT2D eigenvalue weighted by Gasteiger charge is -2.01. The van der Waals surface area contributed by atoms with Crippen LogP contribution in [0.25, 0.3) is 22.1 Å². The second-order valence-corrected chi connectivity index (χ2v) is 6.90. The predicted molar refractivity (Wildman–Crippen MR) is 106 cm³/mol. The van der Waals surface area contributed by atoms with Gasteiger partial charge in [0.25, 0.3) is 5.95 Å². The summed E-state index contributed by atoms with van der Waals surface area (Å²) in [5.74, 6) is 0.216. The summed E-state index contributed by atoms with van der Waals surface area (Å²) in [6.07, 6.45) is 1.44. The normalized spacial score (nSPS) is 11.7. The number of hydrogen-bond acceptors (Lipinski definition) is 6. The highest BCUT2D eigenvalue weighted by Crippen LogP contribution is 2.28. The van der Waals surface area contributed by atoms with Crippen molar-refractivity contribution < 1.29 is 5.11 Å². The summed E-state index contributed by atoms with van der Waals surface area (Å²) in [5, 5.41) is 23.5. The highest BCUT2D eigenvalue weighted by molar-refractivity contribution is 9.10. The van der Waals surface area contributed by atoms with Crippen molar-refractivity contribution >= 4 is 61.8 Å². The van der Waals surface area contributed by atoms with Gasteiger partial charge in [0.05, 0.1) is 16.8 Å². The molecule has 4 aromatic rings. The summed E-state index contributed by atoms with van der Waals surface area (Å²) >= 11 is 9.34. The third-order valence-electron chi connectivity index (χ3n) is 3.95. The summed E-state index contributed by atoms with van der Waals surface area (Å²) in [6.45, 7) is 0. The Labute approximate surface area is 161 Å². The van der Waals surface area contributed by atoms with E-state index in [1.165, 1.54) is 6.21 Å². The summed E-state index contributed by atoms with van der Waals surface area (Å²) in [5.41, 5.74) is 5.62. The second-order valence-electron chi connectivity index (χ2n) is 5.58. The molecule has 0 spiro atoms. The van der Waals surface area contributed by atoms with E-state index in [2.05, 4.69) is 41.6 Å². The number of nitrogens with one attached hydrogen (secondary N) is 1. The van der Waals surface area contributed by atoms with Crippen molar-refractivity contribution in [3.8, 4) is 5.75 Å². The molecule has 0 fully saturated rings. The molecule has 0 aliphatic rings. The number of halogens is 2. The number of para-hydroxylation sites is 1. The van der Waals surface area contributed by atoms with Crippen molar-refractivity contribution in [1.29, 1.82) is 0 Å². The van der Waals surface area contributed by atoms with Crippen molar-refractivity contribution in [1.82, 2.24) is 19.7 Å². The number of fused-ring (bicyclic) bond motifs is 3. The van der Waals surface area contributed by atoms with E-state index in [1.807, 2.05) is 29.8 Å². The number of aryl methyl sites for hydroxylation is 1. The molecule has 0 unspecified atom stereocenters. The second kappa shape index (κ2) is 6.54. The molecule has 2 N–H and O–H groups in total. The van der Waals surface area contributed by atoms with E-state index < -0.39 is 0 Å². The summed E-state index contributed by atoms with van der Waals surface area (Å²) < 4.78 is 2.91. The number of aromatic nitrogens is 4. The van der Waals surface area contributed by atoms with Gasteiger partial charge in [-0.05, 0) is 30.3 Å². The first-order valence-electron chi connectivity index (χ1n) is 7.59. The van der Waals surface area contributed by atoms with E-state index in [0.717, 1.165) is 15.4 Å². The van der Waals surface area contributed by atoms with Crippen LogP contribution in [-0.2, 0) is 7.05 Å². The molecular weight excluding hydrogens is 420 g/mol. The maximum Gasteiger partial charge on any atom is 0.265 e. The van der Waals surface area contributed by atoms with Gasteiger partial charge in [-0.25, -0.2) is 5.43 Å². The lowest BCUT2D eigenvalue weighted by Crippen LogP contribution is -2.00. The number of anilines is 1. The maximum absolute atomic E-state index is 9.87. The molecule has 2 aromatic heterocycles. The molecule has 7 nitrogen and oxygen atoms in total. The van der Waals surface area contributed by atoms with Crippen LogP contribution in [0.3, 0.4) is 0 Å². The molecule has 0 atom stereocenters. The van der Waals surface area contributed by atoms with Crippen LogP contribution in [0.15, 0.2) is 46.0 Å². The summed E-state index contributed by atoms with van der Waals surface area (Å²) in [4.78, 5) is 4.47. The van der Waals surface area contributed by atoms with Crippen molar-refractivity contribution in [3.63, 3.8) is 0 Å². The Bertz CT molecular complexity index is 1170. The number of hydrogen-bond donors (Lipinski definition) is 2. The highest BCUT2D eigenvalue weighted by Gasteiger charge is 2.12. The van der Waals surface area contributed by atoms with Gasteiger partial charge < -0.3 is 9.67 Å². The Morgan fingerprint density at radius 3 is 2.96 bits per heavy atom. The van der Waals surface area contributed by atoms with Gasteiger partial charge in [0.15, 0.2) is 5.65 Å². The fourth-order valence-corrected chi connectivity index (χ4v) is 3.22. The lowest BCUT2D eigenvalue weighted by atomic mass is 10.2. The van der Waals surface area contributed by atoms with Crippen LogP contribution >= 0.6 is 27.5 Å². The van der Waals surface area contributed by atoms with E-state index in [0.29, 0.717) is 16.7 Å². The molecule has 26 heavy (non-hydrogen) atoms. The first-order chi connectivity index (χ1) is 12.5. The monoisotopic (exact) mass is 430 g/mol. The van der Waals surface area contributed by atoms with Gasteiger partial charge in [0, 0.05) is 22.5 Å². The van der Waals surface area contributed by atoms with Gasteiger partial charge in [0.1, 0.15) is 11.3 Å². The third-order valence-corrected chi connectivity index (χ3v) is 4.75. The average Bonchev–Trinajstić information content (AvgIpc) is 2.90. The smallest absolute Gasteiger partial charge is 0.265 e. The highest BCUT2D eigenvalue weighted by atomic mass is 79.9. The Hall–Kier alpha value is -2.71. The molecule has 2 aromatic carbocycles. The quantitative estimate of drug-likeness (QED) is 0.377. The van der Waals surface area contributed by atoms with E-state index in [-0.39, 0.29) is 16.7 Å². The van der Waals surface area contributed by atoms with Crippen LogP contribution in [-0.4, -0.2) is 31.1 Å². The molecule has 0 amide bonds. The van der Waals surface area contributed by atoms with Gasteiger partial charge in [-0.1, -0.05) is 33.6 Å². The minimum absolute atomic E-state index is 0.0338. The molecule has 130 valence electrons. The van der Waals surface area contributed by atoms with Crippen LogP contribution in [0, 0.1) is 0 Å². The molecular formula is C17H12BrClN6O. The molecule has 9 heteroatoms.